The number of nitrogens with zero attached hydrogens (tertiary/aromatic N) is 3. The Morgan fingerprint density at radius 1 is 1.25 bits per heavy atom. The Kier molecular flexibility index (Phi) is 3.26. The summed E-state index contributed by atoms with van der Waals surface area (Å²) in [6.07, 6.45) is 1.45. The predicted molar refractivity (Wildman–Crippen MR) is 72.4 cm³/mol. The van der Waals surface area contributed by atoms with Crippen molar-refractivity contribution < 1.29 is 8.42 Å². The lowest BCUT2D eigenvalue weighted by atomic mass is 10.1. The van der Waals surface area contributed by atoms with Gasteiger partial charge in [-0.15, -0.1) is 10.2 Å². The topological polar surface area (TPSA) is 124 Å². The van der Waals surface area contributed by atoms with Gasteiger partial charge in [0.1, 0.15) is 0 Å². The molecule has 2 aromatic heterocycles. The number of hydrogen-bond acceptors (Lipinski definition) is 5. The van der Waals surface area contributed by atoms with Gasteiger partial charge in [0.05, 0.1) is 0 Å². The number of rotatable bonds is 2. The first kappa shape index (κ1) is 14.4. The van der Waals surface area contributed by atoms with Crippen LogP contribution in [0.2, 0.25) is 0 Å². The van der Waals surface area contributed by atoms with Crippen LogP contribution in [0.25, 0.3) is 11.4 Å². The Morgan fingerprint density at radius 3 is 2.35 bits per heavy atom. The van der Waals surface area contributed by atoms with Crippen LogP contribution in [0.15, 0.2) is 28.3 Å². The van der Waals surface area contributed by atoms with Gasteiger partial charge in [-0.1, -0.05) is 0 Å². The van der Waals surface area contributed by atoms with Gasteiger partial charge in [-0.3, -0.25) is 9.36 Å². The molecular formula is C11H15N5O3S. The van der Waals surface area contributed by atoms with E-state index in [2.05, 4.69) is 15.2 Å². The zero-order chi connectivity index (χ0) is 15.1. The molecule has 0 saturated heterocycles. The molecule has 2 heterocycles. The fraction of sp³-hybridized carbons (Fsp3) is 0.364. The number of H-pyrrole nitrogens is 1. The van der Waals surface area contributed by atoms with Crippen LogP contribution in [0, 0.1) is 0 Å². The molecule has 0 unspecified atom stereocenters. The fourth-order valence-corrected chi connectivity index (χ4v) is 2.56. The number of hydrogen-bond donors (Lipinski definition) is 2. The third kappa shape index (κ3) is 2.63. The largest absolute Gasteiger partial charge is 0.328 e. The number of nitrogens with two attached hydrogens (primary N) is 1. The summed E-state index contributed by atoms with van der Waals surface area (Å²) in [4.78, 5) is 13.6. The van der Waals surface area contributed by atoms with Gasteiger partial charge in [0.2, 0.25) is 5.56 Å². The highest BCUT2D eigenvalue weighted by atomic mass is 32.2. The van der Waals surface area contributed by atoms with E-state index in [0.717, 1.165) is 0 Å². The second kappa shape index (κ2) is 4.53. The standard InChI is InChI=1S/C11H15N5O3S/c1-11(2,3)16-9(7-4-5-8(17)13-6-7)14-15-10(16)20(12,18)19/h4-6H,1-3H3,(H,13,17)(H2,12,18,19). The molecule has 0 aliphatic rings. The number of nitrogens with one attached hydrogen (secondary N) is 1. The van der Waals surface area contributed by atoms with Crippen LogP contribution in [0.4, 0.5) is 0 Å². The van der Waals surface area contributed by atoms with Gasteiger partial charge in [-0.2, -0.15) is 0 Å². The second-order valence-electron chi connectivity index (χ2n) is 5.30. The SMILES string of the molecule is CC(C)(C)n1c(-c2ccc(=O)[nH]c2)nnc1S(N)(=O)=O. The highest BCUT2D eigenvalue weighted by Crippen LogP contribution is 2.26. The molecule has 0 spiro atoms. The van der Waals surface area contributed by atoms with E-state index in [1.54, 1.807) is 20.8 Å². The molecule has 108 valence electrons. The van der Waals surface area contributed by atoms with Crippen molar-refractivity contribution in [3.05, 3.63) is 28.7 Å². The normalized spacial score (nSPS) is 12.6. The quantitative estimate of drug-likeness (QED) is 0.809. The van der Waals surface area contributed by atoms with Crippen molar-refractivity contribution in [2.45, 2.75) is 31.5 Å². The van der Waals surface area contributed by atoms with E-state index in [4.69, 9.17) is 5.14 Å². The zero-order valence-electron chi connectivity index (χ0n) is 11.3. The lowest BCUT2D eigenvalue weighted by molar-refractivity contribution is 0.366. The molecule has 8 nitrogen and oxygen atoms in total. The summed E-state index contributed by atoms with van der Waals surface area (Å²) in [6, 6.07) is 2.87. The number of aromatic nitrogens is 4. The smallest absolute Gasteiger partial charge is 0.273 e. The van der Waals surface area contributed by atoms with Crippen molar-refractivity contribution in [2.24, 2.45) is 5.14 Å². The van der Waals surface area contributed by atoms with Crippen LogP contribution in [0.5, 0.6) is 0 Å². The van der Waals surface area contributed by atoms with Gasteiger partial charge in [0.25, 0.3) is 15.2 Å². The van der Waals surface area contributed by atoms with E-state index < -0.39 is 15.6 Å². The molecule has 3 N–H and O–H groups in total. The highest BCUT2D eigenvalue weighted by molar-refractivity contribution is 7.89. The predicted octanol–water partition coefficient (Wildman–Crippen LogP) is 0.0358. The van der Waals surface area contributed by atoms with Gasteiger partial charge < -0.3 is 4.98 Å². The van der Waals surface area contributed by atoms with Crippen LogP contribution in [-0.4, -0.2) is 28.2 Å². The molecule has 0 saturated carbocycles. The fourth-order valence-electron chi connectivity index (χ4n) is 1.80. The maximum atomic E-state index is 11.6. The number of primary sulfonamides is 1. The molecule has 0 amide bonds. The zero-order valence-corrected chi connectivity index (χ0v) is 12.1. The molecule has 0 atom stereocenters. The van der Waals surface area contributed by atoms with E-state index in [9.17, 15) is 13.2 Å². The summed E-state index contributed by atoms with van der Waals surface area (Å²) >= 11 is 0. The van der Waals surface area contributed by atoms with Crippen molar-refractivity contribution in [3.8, 4) is 11.4 Å². The molecule has 0 bridgehead atoms. The van der Waals surface area contributed by atoms with Gasteiger partial charge in [0, 0.05) is 23.4 Å². The monoisotopic (exact) mass is 297 g/mol. The molecule has 20 heavy (non-hydrogen) atoms. The maximum absolute atomic E-state index is 11.6. The first-order chi connectivity index (χ1) is 9.10. The lowest BCUT2D eigenvalue weighted by Crippen LogP contribution is -2.29. The minimum atomic E-state index is -3.99. The second-order valence-corrected chi connectivity index (χ2v) is 6.75. The molecule has 0 aliphatic carbocycles. The summed E-state index contributed by atoms with van der Waals surface area (Å²) in [5.41, 5.74) is -0.319. The lowest BCUT2D eigenvalue weighted by Gasteiger charge is -2.24. The number of aromatic amines is 1. The van der Waals surface area contributed by atoms with Gasteiger partial charge in [-0.05, 0) is 26.8 Å². The van der Waals surface area contributed by atoms with Gasteiger partial charge >= 0.3 is 0 Å². The summed E-state index contributed by atoms with van der Waals surface area (Å²) in [5.74, 6) is 0.317. The molecule has 0 radical (unpaired) electrons. The minimum absolute atomic E-state index is 0.262. The van der Waals surface area contributed by atoms with Crippen molar-refractivity contribution in [2.75, 3.05) is 0 Å². The van der Waals surface area contributed by atoms with Crippen LogP contribution < -0.4 is 10.7 Å². The van der Waals surface area contributed by atoms with Crippen LogP contribution >= 0.6 is 0 Å². The first-order valence-electron chi connectivity index (χ1n) is 5.78. The average molecular weight is 297 g/mol. The molecule has 0 fully saturated rings. The van der Waals surface area contributed by atoms with E-state index in [0.29, 0.717) is 11.4 Å². The molecule has 2 rings (SSSR count). The summed E-state index contributed by atoms with van der Waals surface area (Å²) in [5, 5.41) is 12.4. The van der Waals surface area contributed by atoms with Crippen molar-refractivity contribution in [1.29, 1.82) is 0 Å². The van der Waals surface area contributed by atoms with Gasteiger partial charge in [0.15, 0.2) is 5.82 Å². The van der Waals surface area contributed by atoms with E-state index in [1.165, 1.54) is 22.9 Å². The third-order valence-electron chi connectivity index (χ3n) is 2.60. The van der Waals surface area contributed by atoms with Crippen molar-refractivity contribution in [1.82, 2.24) is 19.7 Å². The summed E-state index contributed by atoms with van der Waals surface area (Å²) < 4.78 is 24.6. The Bertz CT molecular complexity index is 778. The van der Waals surface area contributed by atoms with E-state index in [-0.39, 0.29) is 10.7 Å². The van der Waals surface area contributed by atoms with Crippen LogP contribution in [0.3, 0.4) is 0 Å². The number of sulfonamides is 1. The van der Waals surface area contributed by atoms with Crippen molar-refractivity contribution in [3.63, 3.8) is 0 Å². The molecular weight excluding hydrogens is 282 g/mol. The molecule has 0 aliphatic heterocycles. The van der Waals surface area contributed by atoms with E-state index in [1.807, 2.05) is 0 Å². The third-order valence-corrected chi connectivity index (χ3v) is 3.37. The van der Waals surface area contributed by atoms with E-state index >= 15 is 0 Å². The molecule has 2 aromatic rings. The number of pyridine rings is 1. The Hall–Kier alpha value is -2.00. The molecule has 0 aromatic carbocycles. The Labute approximate surface area is 115 Å². The van der Waals surface area contributed by atoms with Crippen LogP contribution in [-0.2, 0) is 15.6 Å². The van der Waals surface area contributed by atoms with Crippen molar-refractivity contribution >= 4 is 10.0 Å². The van der Waals surface area contributed by atoms with Crippen LogP contribution in [0.1, 0.15) is 20.8 Å². The summed E-state index contributed by atoms with van der Waals surface area (Å²) in [7, 11) is -3.99. The van der Waals surface area contributed by atoms with Gasteiger partial charge in [-0.25, -0.2) is 13.6 Å². The summed E-state index contributed by atoms with van der Waals surface area (Å²) in [6.45, 7) is 5.42. The Balaban J connectivity index is 2.76. The maximum Gasteiger partial charge on any atom is 0.273 e. The Morgan fingerprint density at radius 2 is 1.90 bits per heavy atom. The minimum Gasteiger partial charge on any atom is -0.328 e. The molecule has 9 heteroatoms. The first-order valence-corrected chi connectivity index (χ1v) is 7.33. The highest BCUT2D eigenvalue weighted by Gasteiger charge is 2.29. The average Bonchev–Trinajstić information content (AvgIpc) is 2.73.